The van der Waals surface area contributed by atoms with Crippen molar-refractivity contribution >= 4 is 5.91 Å². The Bertz CT molecular complexity index is 888. The second-order valence-corrected chi connectivity index (χ2v) is 6.83. The molecule has 26 heavy (non-hydrogen) atoms. The maximum atomic E-state index is 12.8. The van der Waals surface area contributed by atoms with Gasteiger partial charge in [0.1, 0.15) is 5.75 Å². The Hall–Kier alpha value is -3.08. The van der Waals surface area contributed by atoms with Gasteiger partial charge in [-0.15, -0.1) is 0 Å². The molecule has 2 N–H and O–H groups in total. The van der Waals surface area contributed by atoms with Gasteiger partial charge in [0.25, 0.3) is 5.91 Å². The number of carbonyl (C=O) groups excluding carboxylic acids is 1. The number of aromatic nitrogens is 2. The molecule has 2 aromatic carbocycles. The maximum absolute atomic E-state index is 12.8. The first-order valence-electron chi connectivity index (χ1n) is 8.86. The van der Waals surface area contributed by atoms with E-state index < -0.39 is 0 Å². The molecule has 4 rings (SSSR count). The van der Waals surface area contributed by atoms with E-state index in [2.05, 4.69) is 10.2 Å². The van der Waals surface area contributed by atoms with Crippen LogP contribution in [0.25, 0.3) is 11.3 Å². The predicted octanol–water partition coefficient (Wildman–Crippen LogP) is 3.49. The Morgan fingerprint density at radius 1 is 1.19 bits per heavy atom. The molecule has 0 spiro atoms. The summed E-state index contributed by atoms with van der Waals surface area (Å²) >= 11 is 0. The number of phenolic OH excluding ortho intramolecular Hbond substituents is 1. The van der Waals surface area contributed by atoms with Crippen LogP contribution < -0.4 is 0 Å². The molecule has 1 aliphatic rings. The van der Waals surface area contributed by atoms with Gasteiger partial charge in [-0.25, -0.2) is 0 Å². The average Bonchev–Trinajstić information content (AvgIpc) is 3.33. The Morgan fingerprint density at radius 3 is 2.77 bits per heavy atom. The first kappa shape index (κ1) is 16.4. The smallest absolute Gasteiger partial charge is 0.253 e. The van der Waals surface area contributed by atoms with Crippen molar-refractivity contribution in [2.24, 2.45) is 5.92 Å². The third kappa shape index (κ3) is 3.47. The first-order valence-corrected chi connectivity index (χ1v) is 8.86. The van der Waals surface area contributed by atoms with Crippen molar-refractivity contribution < 1.29 is 9.90 Å². The predicted molar refractivity (Wildman–Crippen MR) is 99.8 cm³/mol. The molecule has 1 saturated heterocycles. The first-order chi connectivity index (χ1) is 12.7. The van der Waals surface area contributed by atoms with Gasteiger partial charge in [0, 0.05) is 24.8 Å². The third-order valence-electron chi connectivity index (χ3n) is 4.95. The lowest BCUT2D eigenvalue weighted by atomic mass is 9.98. The van der Waals surface area contributed by atoms with Crippen molar-refractivity contribution in [2.75, 3.05) is 13.1 Å². The van der Waals surface area contributed by atoms with Crippen LogP contribution in [0.15, 0.2) is 60.8 Å². The highest BCUT2D eigenvalue weighted by atomic mass is 16.3. The minimum Gasteiger partial charge on any atom is -0.508 e. The number of phenols is 1. The molecule has 2 heterocycles. The fourth-order valence-electron chi connectivity index (χ4n) is 3.59. The van der Waals surface area contributed by atoms with Gasteiger partial charge in [0.15, 0.2) is 0 Å². The number of benzene rings is 2. The van der Waals surface area contributed by atoms with E-state index in [1.165, 1.54) is 0 Å². The molecular weight excluding hydrogens is 326 g/mol. The van der Waals surface area contributed by atoms with Crippen LogP contribution in [-0.2, 0) is 6.42 Å². The van der Waals surface area contributed by atoms with Crippen molar-refractivity contribution in [1.82, 2.24) is 15.1 Å². The van der Waals surface area contributed by atoms with Crippen molar-refractivity contribution in [1.29, 1.82) is 0 Å². The number of hydrogen-bond acceptors (Lipinski definition) is 3. The van der Waals surface area contributed by atoms with Gasteiger partial charge in [-0.2, -0.15) is 5.10 Å². The Kier molecular flexibility index (Phi) is 4.44. The monoisotopic (exact) mass is 347 g/mol. The van der Waals surface area contributed by atoms with Crippen molar-refractivity contribution in [2.45, 2.75) is 12.8 Å². The van der Waals surface area contributed by atoms with Gasteiger partial charge in [-0.05, 0) is 60.2 Å². The number of hydrogen-bond donors (Lipinski definition) is 2. The van der Waals surface area contributed by atoms with Crippen LogP contribution >= 0.6 is 0 Å². The fourth-order valence-corrected chi connectivity index (χ4v) is 3.59. The fraction of sp³-hybridized carbons (Fsp3) is 0.238. The van der Waals surface area contributed by atoms with Gasteiger partial charge in [-0.3, -0.25) is 9.89 Å². The summed E-state index contributed by atoms with van der Waals surface area (Å²) in [6.45, 7) is 1.54. The lowest BCUT2D eigenvalue weighted by Gasteiger charge is -2.17. The normalized spacial score (nSPS) is 16.8. The highest BCUT2D eigenvalue weighted by molar-refractivity contribution is 5.94. The molecule has 1 unspecified atom stereocenters. The largest absolute Gasteiger partial charge is 0.508 e. The van der Waals surface area contributed by atoms with Gasteiger partial charge < -0.3 is 10.0 Å². The van der Waals surface area contributed by atoms with Crippen molar-refractivity contribution in [3.8, 4) is 17.0 Å². The molecule has 0 radical (unpaired) electrons. The second kappa shape index (κ2) is 7.04. The summed E-state index contributed by atoms with van der Waals surface area (Å²) in [4.78, 5) is 14.7. The molecule has 1 atom stereocenters. The van der Waals surface area contributed by atoms with Gasteiger partial charge in [0.05, 0.1) is 5.69 Å². The van der Waals surface area contributed by atoms with Crippen LogP contribution in [-0.4, -0.2) is 39.2 Å². The quantitative estimate of drug-likeness (QED) is 0.759. The Balaban J connectivity index is 1.39. The topological polar surface area (TPSA) is 69.2 Å². The Morgan fingerprint density at radius 2 is 2.04 bits per heavy atom. The summed E-state index contributed by atoms with van der Waals surface area (Å²) in [7, 11) is 0. The zero-order valence-corrected chi connectivity index (χ0v) is 14.4. The number of rotatable bonds is 4. The maximum Gasteiger partial charge on any atom is 0.253 e. The Labute approximate surface area is 152 Å². The lowest BCUT2D eigenvalue weighted by molar-refractivity contribution is 0.0787. The number of carbonyl (C=O) groups is 1. The standard InChI is InChI=1S/C21H21N3O2/c25-19-3-1-2-15(13-19)12-16-9-11-24(14-16)21(26)18-6-4-17(5-7-18)20-8-10-22-23-20/h1-8,10,13,16,25H,9,11-12,14H2,(H,22,23). The summed E-state index contributed by atoms with van der Waals surface area (Å²) in [5, 5.41) is 16.5. The molecular formula is C21H21N3O2. The van der Waals surface area contributed by atoms with Crippen LogP contribution in [0.5, 0.6) is 5.75 Å². The molecule has 3 aromatic rings. The van der Waals surface area contributed by atoms with E-state index >= 15 is 0 Å². The minimum absolute atomic E-state index is 0.0829. The summed E-state index contributed by atoms with van der Waals surface area (Å²) in [5.74, 6) is 0.815. The van der Waals surface area contributed by atoms with Crippen LogP contribution in [0, 0.1) is 5.92 Å². The molecule has 1 aliphatic heterocycles. The van der Waals surface area contributed by atoms with Gasteiger partial charge >= 0.3 is 0 Å². The summed E-state index contributed by atoms with van der Waals surface area (Å²) in [6, 6.07) is 16.9. The highest BCUT2D eigenvalue weighted by Gasteiger charge is 2.27. The number of amides is 1. The zero-order valence-electron chi connectivity index (χ0n) is 14.4. The molecule has 0 bridgehead atoms. The minimum atomic E-state index is 0.0829. The number of H-pyrrole nitrogens is 1. The SMILES string of the molecule is O=C(c1ccc(-c2ccn[nH]2)cc1)N1CCC(Cc2cccc(O)c2)C1. The van der Waals surface area contributed by atoms with E-state index in [0.29, 0.717) is 17.2 Å². The number of nitrogens with one attached hydrogen (secondary N) is 1. The number of likely N-dealkylation sites (tertiary alicyclic amines) is 1. The van der Waals surface area contributed by atoms with Crippen molar-refractivity contribution in [3.63, 3.8) is 0 Å². The van der Waals surface area contributed by atoms with Gasteiger partial charge in [0.2, 0.25) is 0 Å². The van der Waals surface area contributed by atoms with E-state index in [-0.39, 0.29) is 5.91 Å². The number of nitrogens with zero attached hydrogens (tertiary/aromatic N) is 2. The van der Waals surface area contributed by atoms with E-state index in [1.54, 1.807) is 18.3 Å². The highest BCUT2D eigenvalue weighted by Crippen LogP contribution is 2.24. The van der Waals surface area contributed by atoms with E-state index in [9.17, 15) is 9.90 Å². The number of aromatic hydroxyl groups is 1. The van der Waals surface area contributed by atoms with Gasteiger partial charge in [-0.1, -0.05) is 24.3 Å². The number of aromatic amines is 1. The zero-order chi connectivity index (χ0) is 17.9. The van der Waals surface area contributed by atoms with E-state index in [4.69, 9.17) is 0 Å². The van der Waals surface area contributed by atoms with Crippen molar-refractivity contribution in [3.05, 3.63) is 71.9 Å². The van der Waals surface area contributed by atoms with Crippen LogP contribution in [0.3, 0.4) is 0 Å². The molecule has 0 saturated carbocycles. The second-order valence-electron chi connectivity index (χ2n) is 6.83. The van der Waals surface area contributed by atoms with E-state index in [1.807, 2.05) is 47.4 Å². The molecule has 0 aliphatic carbocycles. The lowest BCUT2D eigenvalue weighted by Crippen LogP contribution is -2.28. The molecule has 132 valence electrons. The molecule has 1 fully saturated rings. The summed E-state index contributed by atoms with van der Waals surface area (Å²) < 4.78 is 0. The van der Waals surface area contributed by atoms with Crippen LogP contribution in [0.4, 0.5) is 0 Å². The van der Waals surface area contributed by atoms with Crippen LogP contribution in [0.2, 0.25) is 0 Å². The molecule has 5 nitrogen and oxygen atoms in total. The van der Waals surface area contributed by atoms with Crippen LogP contribution in [0.1, 0.15) is 22.3 Å². The molecule has 1 amide bonds. The average molecular weight is 347 g/mol. The third-order valence-corrected chi connectivity index (χ3v) is 4.95. The summed E-state index contributed by atoms with van der Waals surface area (Å²) in [5.41, 5.74) is 3.79. The molecule has 5 heteroatoms. The summed E-state index contributed by atoms with van der Waals surface area (Å²) in [6.07, 6.45) is 3.59. The van der Waals surface area contributed by atoms with E-state index in [0.717, 1.165) is 42.8 Å². The molecule has 1 aromatic heterocycles.